The molecule has 0 aliphatic rings. The van der Waals surface area contributed by atoms with Crippen LogP contribution in [0.3, 0.4) is 0 Å². The maximum atomic E-state index is 12.3. The third-order valence-corrected chi connectivity index (χ3v) is 7.11. The van der Waals surface area contributed by atoms with Crippen LogP contribution >= 0.6 is 0 Å². The van der Waals surface area contributed by atoms with E-state index in [-0.39, 0.29) is 6.09 Å². The molecular formula is C17H29NO3Si. The molecule has 0 aromatic heterocycles. The van der Waals surface area contributed by atoms with E-state index in [2.05, 4.69) is 26.6 Å². The Morgan fingerprint density at radius 1 is 1.23 bits per heavy atom. The lowest BCUT2D eigenvalue weighted by Gasteiger charge is -2.28. The number of ether oxygens (including phenoxy) is 2. The van der Waals surface area contributed by atoms with Gasteiger partial charge >= 0.3 is 6.09 Å². The Hall–Kier alpha value is -1.49. The zero-order valence-corrected chi connectivity index (χ0v) is 15.9. The largest absolute Gasteiger partial charge is 0.493 e. The predicted octanol–water partition coefficient (Wildman–Crippen LogP) is 4.52. The molecule has 5 heteroatoms. The predicted molar refractivity (Wildman–Crippen MR) is 93.7 cm³/mol. The number of benzene rings is 1. The van der Waals surface area contributed by atoms with Crippen LogP contribution in [0.2, 0.25) is 19.6 Å². The van der Waals surface area contributed by atoms with Crippen molar-refractivity contribution in [1.82, 2.24) is 4.90 Å². The molecule has 1 amide bonds. The van der Waals surface area contributed by atoms with Crippen molar-refractivity contribution in [3.05, 3.63) is 23.8 Å². The minimum atomic E-state index is -1.42. The van der Waals surface area contributed by atoms with Crippen molar-refractivity contribution in [3.8, 4) is 11.5 Å². The van der Waals surface area contributed by atoms with E-state index in [1.165, 1.54) is 0 Å². The summed E-state index contributed by atoms with van der Waals surface area (Å²) in [5, 5.41) is 0. The Bertz CT molecular complexity index is 507. The van der Waals surface area contributed by atoms with Gasteiger partial charge in [0.15, 0.2) is 11.5 Å². The van der Waals surface area contributed by atoms with Gasteiger partial charge in [-0.1, -0.05) is 38.7 Å². The Morgan fingerprint density at radius 2 is 1.82 bits per heavy atom. The summed E-state index contributed by atoms with van der Waals surface area (Å²) in [4.78, 5) is 14.0. The van der Waals surface area contributed by atoms with Crippen molar-refractivity contribution < 1.29 is 14.3 Å². The van der Waals surface area contributed by atoms with E-state index in [0.717, 1.165) is 5.56 Å². The lowest BCUT2D eigenvalue weighted by Crippen LogP contribution is -2.34. The molecule has 22 heavy (non-hydrogen) atoms. The van der Waals surface area contributed by atoms with Gasteiger partial charge in [-0.2, -0.15) is 0 Å². The number of nitrogens with zero attached hydrogens (tertiary/aromatic N) is 1. The van der Waals surface area contributed by atoms with Crippen molar-refractivity contribution >= 4 is 14.2 Å². The summed E-state index contributed by atoms with van der Waals surface area (Å²) in [7, 11) is 0.180. The second kappa shape index (κ2) is 7.67. The Kier molecular flexibility index (Phi) is 6.47. The fourth-order valence-corrected chi connectivity index (χ4v) is 3.40. The van der Waals surface area contributed by atoms with Crippen LogP contribution in [0.5, 0.6) is 11.5 Å². The van der Waals surface area contributed by atoms with Gasteiger partial charge in [0.2, 0.25) is 0 Å². The summed E-state index contributed by atoms with van der Waals surface area (Å²) in [6, 6.07) is 5.83. The molecule has 0 bridgehead atoms. The molecule has 0 unspecified atom stereocenters. The molecule has 0 aliphatic heterocycles. The molecule has 1 atom stereocenters. The van der Waals surface area contributed by atoms with E-state index >= 15 is 0 Å². The Labute approximate surface area is 135 Å². The van der Waals surface area contributed by atoms with Gasteiger partial charge in [-0.3, -0.25) is 0 Å². The van der Waals surface area contributed by atoms with E-state index < -0.39 is 8.07 Å². The minimum absolute atomic E-state index is 0.321. The SMILES string of the molecule is CCN(CC)C(=O)Oc1c(OC)cccc1[C@H](C)[Si](C)(C)C. The Morgan fingerprint density at radius 3 is 2.27 bits per heavy atom. The molecule has 0 aliphatic carbocycles. The molecule has 0 N–H and O–H groups in total. The third-order valence-electron chi connectivity index (χ3n) is 4.21. The van der Waals surface area contributed by atoms with Crippen LogP contribution in [0.1, 0.15) is 31.9 Å². The van der Waals surface area contributed by atoms with Crippen molar-refractivity contribution in [2.75, 3.05) is 20.2 Å². The standard InChI is InChI=1S/C17H29NO3Si/c1-8-18(9-2)17(19)21-16-14(13(3)22(5,6)7)11-10-12-15(16)20-4/h10-13H,8-9H2,1-7H3/t13-/m0/s1. The number of carbonyl (C=O) groups excluding carboxylic acids is 1. The van der Waals surface area contributed by atoms with Gasteiger partial charge < -0.3 is 14.4 Å². The normalized spacial score (nSPS) is 12.7. The topological polar surface area (TPSA) is 38.8 Å². The number of amides is 1. The van der Waals surface area contributed by atoms with Crippen LogP contribution in [0, 0.1) is 0 Å². The maximum Gasteiger partial charge on any atom is 0.415 e. The first-order chi connectivity index (χ1) is 10.3. The van der Waals surface area contributed by atoms with Crippen LogP contribution in [0.4, 0.5) is 4.79 Å². The lowest BCUT2D eigenvalue weighted by atomic mass is 10.1. The summed E-state index contributed by atoms with van der Waals surface area (Å²) >= 11 is 0. The van der Waals surface area contributed by atoms with Crippen LogP contribution in [0.15, 0.2) is 18.2 Å². The average molecular weight is 324 g/mol. The van der Waals surface area contributed by atoms with Crippen LogP contribution in [-0.4, -0.2) is 39.3 Å². The van der Waals surface area contributed by atoms with Gasteiger partial charge in [0, 0.05) is 13.1 Å². The highest BCUT2D eigenvalue weighted by atomic mass is 28.3. The fourth-order valence-electron chi connectivity index (χ4n) is 2.24. The quantitative estimate of drug-likeness (QED) is 0.723. The number of methoxy groups -OCH3 is 1. The van der Waals surface area contributed by atoms with Crippen molar-refractivity contribution in [1.29, 1.82) is 0 Å². The number of carbonyl (C=O) groups is 1. The number of hydrogen-bond donors (Lipinski definition) is 0. The Balaban J connectivity index is 3.23. The zero-order valence-electron chi connectivity index (χ0n) is 14.9. The summed E-state index contributed by atoms with van der Waals surface area (Å²) in [5.41, 5.74) is 1.42. The molecule has 0 heterocycles. The van der Waals surface area contributed by atoms with Gasteiger partial charge in [-0.15, -0.1) is 0 Å². The summed E-state index contributed by atoms with van der Waals surface area (Å²) in [5.74, 6) is 1.18. The molecule has 0 radical (unpaired) electrons. The number of hydrogen-bond acceptors (Lipinski definition) is 3. The first kappa shape index (κ1) is 18.6. The molecule has 1 aromatic carbocycles. The van der Waals surface area contributed by atoms with Crippen LogP contribution < -0.4 is 9.47 Å². The van der Waals surface area contributed by atoms with Crippen molar-refractivity contribution in [3.63, 3.8) is 0 Å². The zero-order chi connectivity index (χ0) is 16.9. The minimum Gasteiger partial charge on any atom is -0.493 e. The second-order valence-electron chi connectivity index (χ2n) is 6.51. The van der Waals surface area contributed by atoms with E-state index in [9.17, 15) is 4.79 Å². The number of rotatable bonds is 6. The lowest BCUT2D eigenvalue weighted by molar-refractivity contribution is 0.155. The molecule has 124 valence electrons. The van der Waals surface area contributed by atoms with Gasteiger partial charge in [0.25, 0.3) is 0 Å². The molecular weight excluding hydrogens is 294 g/mol. The molecule has 0 saturated carbocycles. The molecule has 1 aromatic rings. The molecule has 0 spiro atoms. The van der Waals surface area contributed by atoms with E-state index in [0.29, 0.717) is 30.1 Å². The highest BCUT2D eigenvalue weighted by Crippen LogP contribution is 2.39. The summed E-state index contributed by atoms with van der Waals surface area (Å²) in [6.45, 7) is 14.3. The van der Waals surface area contributed by atoms with Gasteiger partial charge in [0.05, 0.1) is 15.2 Å². The van der Waals surface area contributed by atoms with Gasteiger partial charge in [0.1, 0.15) is 0 Å². The summed E-state index contributed by atoms with van der Waals surface area (Å²) in [6.07, 6.45) is -0.321. The third kappa shape index (κ3) is 4.26. The van der Waals surface area contributed by atoms with Crippen molar-refractivity contribution in [2.24, 2.45) is 0 Å². The fraction of sp³-hybridized carbons (Fsp3) is 0.588. The van der Waals surface area contributed by atoms with Gasteiger partial charge in [-0.25, -0.2) is 4.79 Å². The highest BCUT2D eigenvalue weighted by molar-refractivity contribution is 6.77. The van der Waals surface area contributed by atoms with E-state index in [4.69, 9.17) is 9.47 Å². The van der Waals surface area contributed by atoms with E-state index in [1.54, 1.807) is 12.0 Å². The van der Waals surface area contributed by atoms with E-state index in [1.807, 2.05) is 32.0 Å². The average Bonchev–Trinajstić information content (AvgIpc) is 2.47. The molecule has 0 saturated heterocycles. The molecule has 4 nitrogen and oxygen atoms in total. The molecule has 0 fully saturated rings. The molecule has 1 rings (SSSR count). The monoisotopic (exact) mass is 323 g/mol. The summed E-state index contributed by atoms with van der Waals surface area (Å²) < 4.78 is 11.1. The second-order valence-corrected chi connectivity index (χ2v) is 12.1. The van der Waals surface area contributed by atoms with Crippen molar-refractivity contribution in [2.45, 2.75) is 46.0 Å². The first-order valence-corrected chi connectivity index (χ1v) is 11.5. The smallest absolute Gasteiger partial charge is 0.415 e. The highest BCUT2D eigenvalue weighted by Gasteiger charge is 2.29. The van der Waals surface area contributed by atoms with Crippen LogP contribution in [0.25, 0.3) is 0 Å². The van der Waals surface area contributed by atoms with Crippen LogP contribution in [-0.2, 0) is 0 Å². The first-order valence-electron chi connectivity index (χ1n) is 7.89. The maximum absolute atomic E-state index is 12.3. The van der Waals surface area contributed by atoms with Gasteiger partial charge in [-0.05, 0) is 31.0 Å². The number of para-hydroxylation sites is 1.